The van der Waals surface area contributed by atoms with E-state index in [1.807, 2.05) is 11.7 Å². The number of aryl methyl sites for hydroxylation is 2. The van der Waals surface area contributed by atoms with Crippen molar-refractivity contribution in [1.29, 1.82) is 0 Å². The maximum atomic E-state index is 6.16. The van der Waals surface area contributed by atoms with Gasteiger partial charge in [0.1, 0.15) is 0 Å². The Hall–Kier alpha value is -0.710. The molecule has 80 valence electrons. The van der Waals surface area contributed by atoms with Gasteiger partial charge in [-0.3, -0.25) is 4.98 Å². The summed E-state index contributed by atoms with van der Waals surface area (Å²) in [6, 6.07) is 2.31. The average Bonchev–Trinajstić information content (AvgIpc) is 2.78. The Morgan fingerprint density at radius 1 is 1.47 bits per heavy atom. The molecule has 0 saturated carbocycles. The van der Waals surface area contributed by atoms with Crippen molar-refractivity contribution < 1.29 is 0 Å². The molecule has 0 fully saturated rings. The summed E-state index contributed by atoms with van der Waals surface area (Å²) >= 11 is 3.47. The molecule has 0 amide bonds. The van der Waals surface area contributed by atoms with Gasteiger partial charge in [-0.05, 0) is 25.5 Å². The van der Waals surface area contributed by atoms with Crippen molar-refractivity contribution in [2.75, 3.05) is 0 Å². The van der Waals surface area contributed by atoms with E-state index >= 15 is 0 Å². The van der Waals surface area contributed by atoms with Crippen molar-refractivity contribution in [3.63, 3.8) is 0 Å². The second kappa shape index (κ2) is 4.43. The molecular weight excluding hydrogens is 224 g/mol. The topological polar surface area (TPSA) is 38.9 Å². The SMILES string of the molecule is Cc1cc(C(N)Cc2cncs2)sc1C. The van der Waals surface area contributed by atoms with E-state index in [-0.39, 0.29) is 6.04 Å². The van der Waals surface area contributed by atoms with Crippen molar-refractivity contribution in [2.45, 2.75) is 26.3 Å². The molecule has 4 heteroatoms. The first-order valence-corrected chi connectivity index (χ1v) is 6.56. The molecule has 1 unspecified atom stereocenters. The van der Waals surface area contributed by atoms with E-state index in [4.69, 9.17) is 5.73 Å². The molecule has 15 heavy (non-hydrogen) atoms. The molecule has 0 bridgehead atoms. The van der Waals surface area contributed by atoms with E-state index in [1.165, 1.54) is 20.2 Å². The zero-order chi connectivity index (χ0) is 10.8. The highest BCUT2D eigenvalue weighted by atomic mass is 32.1. The molecule has 2 heterocycles. The smallest absolute Gasteiger partial charge is 0.0794 e. The Labute approximate surface area is 97.8 Å². The van der Waals surface area contributed by atoms with Crippen LogP contribution in [0.15, 0.2) is 17.8 Å². The quantitative estimate of drug-likeness (QED) is 0.892. The average molecular weight is 238 g/mol. The molecule has 2 aromatic heterocycles. The van der Waals surface area contributed by atoms with Crippen LogP contribution in [0.1, 0.15) is 26.2 Å². The minimum Gasteiger partial charge on any atom is -0.323 e. The number of nitrogens with zero attached hydrogens (tertiary/aromatic N) is 1. The lowest BCUT2D eigenvalue weighted by Gasteiger charge is -2.06. The van der Waals surface area contributed by atoms with Crippen LogP contribution in [0.2, 0.25) is 0 Å². The minimum absolute atomic E-state index is 0.114. The van der Waals surface area contributed by atoms with E-state index in [9.17, 15) is 0 Å². The first-order valence-electron chi connectivity index (χ1n) is 4.86. The molecule has 2 aromatic rings. The van der Waals surface area contributed by atoms with E-state index in [0.717, 1.165) is 6.42 Å². The van der Waals surface area contributed by atoms with Crippen molar-refractivity contribution in [3.8, 4) is 0 Å². The zero-order valence-electron chi connectivity index (χ0n) is 8.86. The minimum atomic E-state index is 0.114. The van der Waals surface area contributed by atoms with Gasteiger partial charge in [-0.2, -0.15) is 0 Å². The highest BCUT2D eigenvalue weighted by Crippen LogP contribution is 2.27. The Kier molecular flexibility index (Phi) is 3.19. The molecule has 2 nitrogen and oxygen atoms in total. The summed E-state index contributed by atoms with van der Waals surface area (Å²) in [5, 5.41) is 0. The van der Waals surface area contributed by atoms with Crippen LogP contribution in [0, 0.1) is 13.8 Å². The molecule has 0 aliphatic rings. The Bertz CT molecular complexity index is 412. The van der Waals surface area contributed by atoms with Crippen molar-refractivity contribution >= 4 is 22.7 Å². The fraction of sp³-hybridized carbons (Fsp3) is 0.364. The largest absolute Gasteiger partial charge is 0.323 e. The predicted molar refractivity (Wildman–Crippen MR) is 66.5 cm³/mol. The van der Waals surface area contributed by atoms with Crippen molar-refractivity contribution in [2.24, 2.45) is 5.73 Å². The van der Waals surface area contributed by atoms with Crippen LogP contribution in [-0.4, -0.2) is 4.98 Å². The van der Waals surface area contributed by atoms with Gasteiger partial charge >= 0.3 is 0 Å². The van der Waals surface area contributed by atoms with Gasteiger partial charge in [0, 0.05) is 33.3 Å². The molecule has 0 aliphatic carbocycles. The standard InChI is InChI=1S/C11H14N2S2/c1-7-3-11(15-8(7)2)10(12)4-9-5-13-6-14-9/h3,5-6,10H,4,12H2,1-2H3. The number of hydrogen-bond acceptors (Lipinski definition) is 4. The number of hydrogen-bond donors (Lipinski definition) is 1. The molecule has 0 radical (unpaired) electrons. The second-order valence-electron chi connectivity index (χ2n) is 3.67. The van der Waals surface area contributed by atoms with Crippen molar-refractivity contribution in [1.82, 2.24) is 4.98 Å². The summed E-state index contributed by atoms with van der Waals surface area (Å²) in [6.07, 6.45) is 2.79. The van der Waals surface area contributed by atoms with Gasteiger partial charge in [-0.25, -0.2) is 0 Å². The van der Waals surface area contributed by atoms with Gasteiger partial charge in [0.05, 0.1) is 5.51 Å². The summed E-state index contributed by atoms with van der Waals surface area (Å²) in [4.78, 5) is 7.96. The zero-order valence-corrected chi connectivity index (χ0v) is 10.5. The Morgan fingerprint density at radius 2 is 2.27 bits per heavy atom. The molecule has 1 atom stereocenters. The van der Waals surface area contributed by atoms with Crippen molar-refractivity contribution in [3.05, 3.63) is 38.0 Å². The lowest BCUT2D eigenvalue weighted by molar-refractivity contribution is 0.744. The summed E-state index contributed by atoms with van der Waals surface area (Å²) in [6.45, 7) is 4.28. The van der Waals surface area contributed by atoms with Gasteiger partial charge in [0.25, 0.3) is 0 Å². The number of aromatic nitrogens is 1. The second-order valence-corrected chi connectivity index (χ2v) is 5.93. The molecule has 0 saturated heterocycles. The third-order valence-corrected chi connectivity index (χ3v) is 4.54. The summed E-state index contributed by atoms with van der Waals surface area (Å²) < 4.78 is 0. The van der Waals surface area contributed by atoms with Gasteiger partial charge < -0.3 is 5.73 Å². The highest BCUT2D eigenvalue weighted by molar-refractivity contribution is 7.12. The van der Waals surface area contributed by atoms with E-state index in [1.54, 1.807) is 22.7 Å². The molecule has 0 spiro atoms. The Balaban J connectivity index is 2.11. The highest BCUT2D eigenvalue weighted by Gasteiger charge is 2.11. The van der Waals surface area contributed by atoms with Crippen LogP contribution in [-0.2, 0) is 6.42 Å². The maximum absolute atomic E-state index is 6.16. The predicted octanol–water partition coefficient (Wildman–Crippen LogP) is 3.06. The fourth-order valence-electron chi connectivity index (χ4n) is 1.44. The molecule has 2 rings (SSSR count). The third kappa shape index (κ3) is 2.45. The van der Waals surface area contributed by atoms with Crippen LogP contribution in [0.5, 0.6) is 0 Å². The molecule has 0 aliphatic heterocycles. The van der Waals surface area contributed by atoms with Crippen LogP contribution < -0.4 is 5.73 Å². The maximum Gasteiger partial charge on any atom is 0.0794 e. The van der Waals surface area contributed by atoms with Crippen LogP contribution >= 0.6 is 22.7 Å². The Morgan fingerprint density at radius 3 is 2.80 bits per heavy atom. The number of rotatable bonds is 3. The van der Waals surface area contributed by atoms with E-state index < -0.39 is 0 Å². The number of thiophene rings is 1. The van der Waals surface area contributed by atoms with Crippen LogP contribution in [0.4, 0.5) is 0 Å². The van der Waals surface area contributed by atoms with E-state index in [0.29, 0.717) is 0 Å². The van der Waals surface area contributed by atoms with Crippen LogP contribution in [0.25, 0.3) is 0 Å². The summed E-state index contributed by atoms with van der Waals surface area (Å²) in [5.74, 6) is 0. The first-order chi connectivity index (χ1) is 7.16. The third-order valence-electron chi connectivity index (χ3n) is 2.46. The number of thiazole rings is 1. The fourth-order valence-corrected chi connectivity index (χ4v) is 3.14. The molecule has 2 N–H and O–H groups in total. The van der Waals surface area contributed by atoms with Crippen LogP contribution in [0.3, 0.4) is 0 Å². The molecule has 0 aromatic carbocycles. The van der Waals surface area contributed by atoms with E-state index in [2.05, 4.69) is 24.9 Å². The lowest BCUT2D eigenvalue weighted by atomic mass is 10.1. The van der Waals surface area contributed by atoms with Gasteiger partial charge in [-0.15, -0.1) is 22.7 Å². The normalized spacial score (nSPS) is 13.0. The van der Waals surface area contributed by atoms with Gasteiger partial charge in [-0.1, -0.05) is 0 Å². The van der Waals surface area contributed by atoms with Gasteiger partial charge in [0.2, 0.25) is 0 Å². The number of nitrogens with two attached hydrogens (primary N) is 1. The summed E-state index contributed by atoms with van der Waals surface area (Å²) in [5.41, 5.74) is 9.35. The lowest BCUT2D eigenvalue weighted by Crippen LogP contribution is -2.10. The monoisotopic (exact) mass is 238 g/mol. The first kappa shape index (κ1) is 10.8. The molecular formula is C11H14N2S2. The summed E-state index contributed by atoms with van der Waals surface area (Å²) in [7, 11) is 0. The van der Waals surface area contributed by atoms with Gasteiger partial charge in [0.15, 0.2) is 0 Å².